The van der Waals surface area contributed by atoms with Gasteiger partial charge in [0.15, 0.2) is 0 Å². The third-order valence-electron chi connectivity index (χ3n) is 4.37. The highest BCUT2D eigenvalue weighted by Crippen LogP contribution is 2.52. The highest BCUT2D eigenvalue weighted by Gasteiger charge is 2.23. The molecule has 3 aromatic rings. The van der Waals surface area contributed by atoms with Gasteiger partial charge in [0, 0.05) is 37.2 Å². The summed E-state index contributed by atoms with van der Waals surface area (Å²) in [6, 6.07) is 14.7. The highest BCUT2D eigenvalue weighted by atomic mass is 35.5. The smallest absolute Gasteiger partial charge is 0.0810 e. The van der Waals surface area contributed by atoms with Crippen LogP contribution in [0.4, 0.5) is 0 Å². The summed E-state index contributed by atoms with van der Waals surface area (Å²) >= 11 is 16.2. The topological polar surface area (TPSA) is 12.5 Å². The number of thiophene rings is 1. The molecule has 0 unspecified atom stereocenters. The number of halogens is 2. The minimum Gasteiger partial charge on any atom is -0.375 e. The summed E-state index contributed by atoms with van der Waals surface area (Å²) in [5.41, 5.74) is 3.63. The molecule has 0 saturated carbocycles. The summed E-state index contributed by atoms with van der Waals surface area (Å²) in [5, 5.41) is 1.18. The molecule has 4 rings (SSSR count). The zero-order valence-electron chi connectivity index (χ0n) is 15.1. The Bertz CT molecular complexity index is 984. The van der Waals surface area contributed by atoms with Crippen molar-refractivity contribution in [1.82, 2.24) is 4.90 Å². The zero-order chi connectivity index (χ0) is 19.0. The van der Waals surface area contributed by atoms with Gasteiger partial charge in [0.25, 0.3) is 0 Å². The van der Waals surface area contributed by atoms with Crippen LogP contribution in [0.3, 0.4) is 0 Å². The number of fused-ring (bicyclic) bond motifs is 5. The van der Waals surface area contributed by atoms with Crippen molar-refractivity contribution in [3.05, 3.63) is 57.4 Å². The number of likely N-dealkylation sites (N-methyl/N-ethyl adjacent to an activating group) is 1. The molecule has 0 N–H and O–H groups in total. The average molecular weight is 436 g/mol. The van der Waals surface area contributed by atoms with E-state index in [9.17, 15) is 0 Å². The SMILES string of the molecule is CN(C)CCOCc1cc2c(s1)-c1cc(Cl)c(Cl)cc1Sc1ccccc1-2. The van der Waals surface area contributed by atoms with E-state index in [-0.39, 0.29) is 0 Å². The molecule has 2 heterocycles. The summed E-state index contributed by atoms with van der Waals surface area (Å²) in [5.74, 6) is 0. The molecule has 0 fully saturated rings. The molecule has 0 radical (unpaired) electrons. The lowest BCUT2D eigenvalue weighted by Crippen LogP contribution is -2.17. The van der Waals surface area contributed by atoms with E-state index in [0.717, 1.165) is 23.6 Å². The van der Waals surface area contributed by atoms with Crippen LogP contribution in [-0.4, -0.2) is 32.1 Å². The van der Waals surface area contributed by atoms with Gasteiger partial charge >= 0.3 is 0 Å². The molecule has 140 valence electrons. The second kappa shape index (κ2) is 8.16. The fourth-order valence-electron chi connectivity index (χ4n) is 3.02. The number of benzene rings is 2. The van der Waals surface area contributed by atoms with Gasteiger partial charge in [-0.3, -0.25) is 0 Å². The van der Waals surface area contributed by atoms with Crippen molar-refractivity contribution in [1.29, 1.82) is 0 Å². The highest BCUT2D eigenvalue weighted by molar-refractivity contribution is 7.99. The van der Waals surface area contributed by atoms with Crippen LogP contribution in [0.15, 0.2) is 52.3 Å². The van der Waals surface area contributed by atoms with Crippen LogP contribution in [0.25, 0.3) is 21.6 Å². The van der Waals surface area contributed by atoms with Crippen molar-refractivity contribution >= 4 is 46.3 Å². The van der Waals surface area contributed by atoms with E-state index in [2.05, 4.69) is 49.3 Å². The predicted molar refractivity (Wildman–Crippen MR) is 118 cm³/mol. The van der Waals surface area contributed by atoms with E-state index in [1.165, 1.54) is 25.8 Å². The summed E-state index contributed by atoms with van der Waals surface area (Å²) in [7, 11) is 4.11. The summed E-state index contributed by atoms with van der Waals surface area (Å²) in [6.45, 7) is 2.26. The standard InChI is InChI=1S/C21H19Cl2NOS2/c1-24(2)7-8-25-12-13-9-15-14-5-3-4-6-19(14)27-20-11-18(23)17(22)10-16(20)21(15)26-13/h3-6,9-11H,7-8,12H2,1-2H3. The fraction of sp³-hybridized carbons (Fsp3) is 0.238. The maximum atomic E-state index is 6.35. The van der Waals surface area contributed by atoms with Crippen molar-refractivity contribution < 1.29 is 4.74 Å². The summed E-state index contributed by atoms with van der Waals surface area (Å²) < 4.78 is 5.87. The molecule has 0 amide bonds. The van der Waals surface area contributed by atoms with Gasteiger partial charge in [0.05, 0.1) is 23.3 Å². The second-order valence-electron chi connectivity index (χ2n) is 6.67. The van der Waals surface area contributed by atoms with Gasteiger partial charge in [0.2, 0.25) is 0 Å². The van der Waals surface area contributed by atoms with Crippen LogP contribution in [0.1, 0.15) is 4.88 Å². The first kappa shape index (κ1) is 19.3. The molecule has 0 atom stereocenters. The molecule has 2 nitrogen and oxygen atoms in total. The Morgan fingerprint density at radius 1 is 0.926 bits per heavy atom. The number of ether oxygens (including phenoxy) is 1. The summed E-state index contributed by atoms with van der Waals surface area (Å²) in [4.78, 5) is 6.94. The van der Waals surface area contributed by atoms with E-state index < -0.39 is 0 Å². The largest absolute Gasteiger partial charge is 0.375 e. The predicted octanol–water partition coefficient (Wildman–Crippen LogP) is 6.93. The lowest BCUT2D eigenvalue weighted by Gasteiger charge is -2.09. The van der Waals surface area contributed by atoms with Crippen molar-refractivity contribution in [2.75, 3.05) is 27.2 Å². The van der Waals surface area contributed by atoms with E-state index in [4.69, 9.17) is 27.9 Å². The van der Waals surface area contributed by atoms with Crippen LogP contribution < -0.4 is 0 Å². The first-order chi connectivity index (χ1) is 13.0. The van der Waals surface area contributed by atoms with Crippen molar-refractivity contribution in [2.24, 2.45) is 0 Å². The maximum Gasteiger partial charge on any atom is 0.0810 e. The monoisotopic (exact) mass is 435 g/mol. The van der Waals surface area contributed by atoms with Gasteiger partial charge in [0.1, 0.15) is 0 Å². The van der Waals surface area contributed by atoms with Crippen molar-refractivity contribution in [3.8, 4) is 21.6 Å². The van der Waals surface area contributed by atoms with Crippen LogP contribution in [0.5, 0.6) is 0 Å². The Hall–Kier alpha value is -1.01. The molecule has 0 spiro atoms. The van der Waals surface area contributed by atoms with Gasteiger partial charge in [-0.25, -0.2) is 0 Å². The van der Waals surface area contributed by atoms with Crippen LogP contribution in [0.2, 0.25) is 10.0 Å². The maximum absolute atomic E-state index is 6.35. The van der Waals surface area contributed by atoms with E-state index >= 15 is 0 Å². The molecule has 0 bridgehead atoms. The molecule has 0 aliphatic carbocycles. The van der Waals surface area contributed by atoms with E-state index in [1.807, 2.05) is 12.1 Å². The Morgan fingerprint density at radius 3 is 2.52 bits per heavy atom. The molecule has 27 heavy (non-hydrogen) atoms. The van der Waals surface area contributed by atoms with Gasteiger partial charge in [-0.2, -0.15) is 0 Å². The first-order valence-electron chi connectivity index (χ1n) is 8.65. The van der Waals surface area contributed by atoms with E-state index in [1.54, 1.807) is 23.1 Å². The van der Waals surface area contributed by atoms with Gasteiger partial charge < -0.3 is 9.64 Å². The molecule has 2 aromatic carbocycles. The van der Waals surface area contributed by atoms with Crippen LogP contribution >= 0.6 is 46.3 Å². The number of hydrogen-bond donors (Lipinski definition) is 0. The Labute approximate surface area is 178 Å². The zero-order valence-corrected chi connectivity index (χ0v) is 18.2. The first-order valence-corrected chi connectivity index (χ1v) is 11.0. The minimum atomic E-state index is 0.588. The van der Waals surface area contributed by atoms with E-state index in [0.29, 0.717) is 16.7 Å². The molecule has 1 aliphatic heterocycles. The van der Waals surface area contributed by atoms with Crippen molar-refractivity contribution in [3.63, 3.8) is 0 Å². The number of nitrogens with zero attached hydrogens (tertiary/aromatic N) is 1. The van der Waals surface area contributed by atoms with Gasteiger partial charge in [-0.15, -0.1) is 11.3 Å². The van der Waals surface area contributed by atoms with Gasteiger partial charge in [-0.05, 0) is 43.9 Å². The molecule has 6 heteroatoms. The normalized spacial score (nSPS) is 12.5. The molecular formula is C21H19Cl2NOS2. The summed E-state index contributed by atoms with van der Waals surface area (Å²) in [6.07, 6.45) is 0. The lowest BCUT2D eigenvalue weighted by molar-refractivity contribution is 0.107. The Kier molecular flexibility index (Phi) is 5.83. The third kappa shape index (κ3) is 4.07. The van der Waals surface area contributed by atoms with Crippen LogP contribution in [-0.2, 0) is 11.3 Å². The minimum absolute atomic E-state index is 0.588. The quantitative estimate of drug-likeness (QED) is 0.315. The van der Waals surface area contributed by atoms with Gasteiger partial charge in [-0.1, -0.05) is 53.2 Å². The molecule has 1 aliphatic rings. The Balaban J connectivity index is 1.76. The van der Waals surface area contributed by atoms with Crippen LogP contribution in [0, 0.1) is 0 Å². The molecule has 1 aromatic heterocycles. The Morgan fingerprint density at radius 2 is 1.70 bits per heavy atom. The number of rotatable bonds is 5. The second-order valence-corrected chi connectivity index (χ2v) is 9.71. The lowest BCUT2D eigenvalue weighted by atomic mass is 10.0. The van der Waals surface area contributed by atoms with Crippen molar-refractivity contribution in [2.45, 2.75) is 16.4 Å². The molecular weight excluding hydrogens is 417 g/mol. The third-order valence-corrected chi connectivity index (χ3v) is 7.37. The molecule has 0 saturated heterocycles. The number of hydrogen-bond acceptors (Lipinski definition) is 4. The fourth-order valence-corrected chi connectivity index (χ4v) is 5.74. The average Bonchev–Trinajstić information content (AvgIpc) is 3.01.